The minimum absolute atomic E-state index is 0.845. The molecule has 0 fully saturated rings. The monoisotopic (exact) mass is 444 g/mol. The molecule has 0 saturated carbocycles. The number of fused-ring (bicyclic) bond motifs is 3. The van der Waals surface area contributed by atoms with Gasteiger partial charge in [0.25, 0.3) is 0 Å². The van der Waals surface area contributed by atoms with Gasteiger partial charge in [-0.2, -0.15) is 0 Å². The topological polar surface area (TPSA) is 0 Å². The van der Waals surface area contributed by atoms with Gasteiger partial charge in [0.15, 0.2) is 0 Å². The summed E-state index contributed by atoms with van der Waals surface area (Å²) in [7, 11) is 0. The third kappa shape index (κ3) is 7.68. The van der Waals surface area contributed by atoms with Crippen molar-refractivity contribution in [1.82, 2.24) is 0 Å². The molecule has 0 atom stereocenters. The lowest BCUT2D eigenvalue weighted by Gasteiger charge is -1.81. The molecule has 36 heavy (non-hydrogen) atoms. The molecule has 6 bridgehead atoms. The number of benzene rings is 3. The predicted octanol–water partition coefficient (Wildman–Crippen LogP) is 6.61. The van der Waals surface area contributed by atoms with Crippen LogP contribution < -0.4 is 0 Å². The second-order valence-electron chi connectivity index (χ2n) is 6.98. The Kier molecular flexibility index (Phi) is 8.05. The van der Waals surface area contributed by atoms with Crippen molar-refractivity contribution in [1.29, 1.82) is 0 Å². The zero-order valence-electron chi connectivity index (χ0n) is 18.9. The fraction of sp³-hybridized carbons (Fsp3) is 0. The fourth-order valence-electron chi connectivity index (χ4n) is 2.72. The first-order valence-electron chi connectivity index (χ1n) is 10.7. The van der Waals surface area contributed by atoms with Gasteiger partial charge in [-0.15, -0.1) is 0 Å². The molecule has 0 radical (unpaired) electrons. The molecule has 156 valence electrons. The highest BCUT2D eigenvalue weighted by Crippen LogP contribution is 2.02. The van der Waals surface area contributed by atoms with E-state index < -0.39 is 0 Å². The van der Waals surface area contributed by atoms with Crippen LogP contribution in [0.4, 0.5) is 0 Å². The number of hydrogen-bond donors (Lipinski definition) is 0. The van der Waals surface area contributed by atoms with E-state index in [-0.39, 0.29) is 0 Å². The molecule has 0 aliphatic rings. The highest BCUT2D eigenvalue weighted by molar-refractivity contribution is 5.61. The molecule has 7 rings (SSSR count). The molecule has 0 heteroatoms. The Morgan fingerprint density at radius 2 is 0.333 bits per heavy atom. The van der Waals surface area contributed by atoms with Gasteiger partial charge in [-0.3, -0.25) is 0 Å². The van der Waals surface area contributed by atoms with Crippen LogP contribution in [0.2, 0.25) is 0 Å². The molecule has 7 aromatic carbocycles. The van der Waals surface area contributed by atoms with Crippen molar-refractivity contribution in [2.45, 2.75) is 0 Å². The summed E-state index contributed by atoms with van der Waals surface area (Å²) in [5.41, 5.74) is 0. The molecule has 0 amide bonds. The minimum Gasteiger partial charge on any atom is -0.0528 e. The highest BCUT2D eigenvalue weighted by Gasteiger charge is 1.80. The van der Waals surface area contributed by atoms with Crippen LogP contribution in [-0.2, 0) is 0 Å². The average Bonchev–Trinajstić information content (AvgIpc) is 2.92. The lowest BCUT2D eigenvalue weighted by molar-refractivity contribution is 1.81. The SMILES string of the molecule is c1c#cc2ccc(c#cc#cc#cc3ccc(c#cc#cc#cc4ccc(c#cc#1)cc4)cc3)cc2. The average molecular weight is 444 g/mol. The van der Waals surface area contributed by atoms with E-state index in [4.69, 9.17) is 0 Å². The van der Waals surface area contributed by atoms with Gasteiger partial charge in [-0.1, -0.05) is 36.4 Å². The summed E-state index contributed by atoms with van der Waals surface area (Å²) in [5, 5.41) is 5.07. The van der Waals surface area contributed by atoms with Crippen LogP contribution in [0.1, 0.15) is 0 Å². The Balaban J connectivity index is 1.69. The maximum Gasteiger partial charge on any atom is 0.0256 e. The molecule has 0 aromatic heterocycles. The summed E-state index contributed by atoms with van der Waals surface area (Å²) in [5.74, 6) is 0. The summed E-state index contributed by atoms with van der Waals surface area (Å²) in [6, 6.07) is 73.9. The van der Waals surface area contributed by atoms with Gasteiger partial charge in [0.1, 0.15) is 0 Å². The molecule has 0 aliphatic heterocycles. The van der Waals surface area contributed by atoms with Crippen molar-refractivity contribution in [3.05, 3.63) is 182 Å². The Bertz CT molecular complexity index is 1220. The van der Waals surface area contributed by atoms with Crippen molar-refractivity contribution in [3.63, 3.8) is 0 Å². The van der Waals surface area contributed by atoms with Gasteiger partial charge in [-0.05, 0) is 146 Å². The van der Waals surface area contributed by atoms with Crippen LogP contribution in [0.3, 0.4) is 0 Å². The number of rotatable bonds is 0. The van der Waals surface area contributed by atoms with Crippen LogP contribution >= 0.6 is 0 Å². The van der Waals surface area contributed by atoms with Crippen LogP contribution in [-0.4, -0.2) is 0 Å². The first-order chi connectivity index (χ1) is 17.8. The Morgan fingerprint density at radius 3 is 0.472 bits per heavy atom. The Hall–Kier alpha value is -6.30. The minimum atomic E-state index is 0.845. The zero-order chi connectivity index (χ0) is 24.7. The summed E-state index contributed by atoms with van der Waals surface area (Å²) in [6.45, 7) is 0. The molecule has 0 aliphatic carbocycles. The van der Waals surface area contributed by atoms with Crippen molar-refractivity contribution < 1.29 is 0 Å². The van der Waals surface area contributed by atoms with Crippen LogP contribution in [0.15, 0.2) is 72.8 Å². The normalized spacial score (nSPS) is 7.67. The fourth-order valence-corrected chi connectivity index (χ4v) is 2.72. The molecule has 0 heterocycles. The second kappa shape index (κ2) is 12.7. The molecule has 0 unspecified atom stereocenters. The van der Waals surface area contributed by atoms with Gasteiger partial charge >= 0.3 is 0 Å². The van der Waals surface area contributed by atoms with E-state index >= 15 is 0 Å². The molecular formula is C36H12. The van der Waals surface area contributed by atoms with Gasteiger partial charge in [0.2, 0.25) is 0 Å². The molecule has 7 aromatic rings. The van der Waals surface area contributed by atoms with Crippen LogP contribution in [0, 0.1) is 109 Å². The molecular weight excluding hydrogens is 432 g/mol. The van der Waals surface area contributed by atoms with E-state index in [1.54, 1.807) is 0 Å². The quantitative estimate of drug-likeness (QED) is 0.286. The lowest BCUT2D eigenvalue weighted by atomic mass is 10.2. The molecule has 0 saturated heterocycles. The molecule has 0 N–H and O–H groups in total. The van der Waals surface area contributed by atoms with Gasteiger partial charge in [-0.25, -0.2) is 0 Å². The summed E-state index contributed by atoms with van der Waals surface area (Å²) < 4.78 is 0. The largest absolute Gasteiger partial charge is 0.0528 e. The maximum atomic E-state index is 2.99. The Labute approximate surface area is 214 Å². The lowest BCUT2D eigenvalue weighted by Crippen LogP contribution is -1.60. The third-order valence-corrected chi connectivity index (χ3v) is 4.46. The Morgan fingerprint density at radius 1 is 0.194 bits per heavy atom. The maximum absolute atomic E-state index is 2.99. The van der Waals surface area contributed by atoms with Gasteiger partial charge in [0, 0.05) is 32.3 Å². The van der Waals surface area contributed by atoms with Crippen LogP contribution in [0.25, 0.3) is 32.3 Å². The molecule has 0 spiro atoms. The second-order valence-corrected chi connectivity index (χ2v) is 6.98. The standard InChI is InChI=1S/C36H12/c1-2-8-14-32-23-25-34(26-24-32)16-10-5-6-12-18-36-29-27-35(28-30-36)17-11-4-3-9-15-33-21-19-31(13-7-1)20-22-33/h19-30H. The summed E-state index contributed by atoms with van der Waals surface area (Å²) >= 11 is 0. The van der Waals surface area contributed by atoms with Crippen molar-refractivity contribution in [2.24, 2.45) is 0 Å². The highest BCUT2D eigenvalue weighted by atomic mass is 13.8. The van der Waals surface area contributed by atoms with Gasteiger partial charge in [0.05, 0.1) is 0 Å². The number of hydrogen-bond acceptors (Lipinski definition) is 0. The van der Waals surface area contributed by atoms with E-state index in [0.29, 0.717) is 0 Å². The summed E-state index contributed by atoms with van der Waals surface area (Å²) in [6.07, 6.45) is 0. The smallest absolute Gasteiger partial charge is 0.0256 e. The van der Waals surface area contributed by atoms with E-state index in [1.807, 2.05) is 72.8 Å². The van der Waals surface area contributed by atoms with E-state index in [1.165, 1.54) is 0 Å². The molecule has 0 nitrogen and oxygen atoms in total. The predicted molar refractivity (Wildman–Crippen MR) is 137 cm³/mol. The van der Waals surface area contributed by atoms with Crippen molar-refractivity contribution in [3.8, 4) is 0 Å². The van der Waals surface area contributed by atoms with Crippen molar-refractivity contribution >= 4 is 32.3 Å². The van der Waals surface area contributed by atoms with Crippen molar-refractivity contribution in [2.75, 3.05) is 0 Å². The van der Waals surface area contributed by atoms with E-state index in [2.05, 4.69) is 109 Å². The summed E-state index contributed by atoms with van der Waals surface area (Å²) in [4.78, 5) is 0. The van der Waals surface area contributed by atoms with Crippen LogP contribution in [0.5, 0.6) is 0 Å². The zero-order valence-corrected chi connectivity index (χ0v) is 18.9. The van der Waals surface area contributed by atoms with E-state index in [9.17, 15) is 0 Å². The third-order valence-electron chi connectivity index (χ3n) is 4.46. The first kappa shape index (κ1) is 22.9. The van der Waals surface area contributed by atoms with Gasteiger partial charge < -0.3 is 0 Å². The first-order valence-corrected chi connectivity index (χ1v) is 10.7. The van der Waals surface area contributed by atoms with E-state index in [0.717, 1.165) is 32.3 Å².